The highest BCUT2D eigenvalue weighted by atomic mass is 16.5. The molecule has 1 rings (SSSR count). The van der Waals surface area contributed by atoms with Crippen LogP contribution in [0.5, 0.6) is 5.75 Å². The molecule has 0 aromatic heterocycles. The number of hydrogen-bond acceptors (Lipinski definition) is 3. The minimum absolute atomic E-state index is 0.0573. The summed E-state index contributed by atoms with van der Waals surface area (Å²) in [5.74, 6) is -0.639. The number of nitrogens with one attached hydrogen (secondary N) is 1. The van der Waals surface area contributed by atoms with E-state index in [1.54, 1.807) is 12.1 Å². The number of amides is 1. The van der Waals surface area contributed by atoms with E-state index in [0.717, 1.165) is 5.56 Å². The summed E-state index contributed by atoms with van der Waals surface area (Å²) in [5, 5.41) is 11.6. The second-order valence-corrected chi connectivity index (χ2v) is 4.79. The number of benzene rings is 1. The van der Waals surface area contributed by atoms with Crippen molar-refractivity contribution in [2.45, 2.75) is 26.7 Å². The fourth-order valence-electron chi connectivity index (χ4n) is 1.94. The van der Waals surface area contributed by atoms with Gasteiger partial charge in [-0.2, -0.15) is 0 Å². The summed E-state index contributed by atoms with van der Waals surface area (Å²) in [6.45, 7) is 4.15. The zero-order chi connectivity index (χ0) is 15.1. The maximum absolute atomic E-state index is 12.1. The van der Waals surface area contributed by atoms with E-state index < -0.39 is 5.97 Å². The predicted octanol–water partition coefficient (Wildman–Crippen LogP) is 2.23. The molecule has 0 bridgehead atoms. The van der Waals surface area contributed by atoms with Crippen LogP contribution in [0.1, 0.15) is 35.7 Å². The van der Waals surface area contributed by atoms with Crippen LogP contribution >= 0.6 is 0 Å². The number of methoxy groups -OCH3 is 1. The van der Waals surface area contributed by atoms with E-state index in [-0.39, 0.29) is 18.2 Å². The Bertz CT molecular complexity index is 485. The fourth-order valence-corrected chi connectivity index (χ4v) is 1.94. The van der Waals surface area contributed by atoms with E-state index in [4.69, 9.17) is 9.84 Å². The third kappa shape index (κ3) is 4.57. The van der Waals surface area contributed by atoms with Crippen LogP contribution in [0.3, 0.4) is 0 Å². The molecule has 0 heterocycles. The number of carbonyl (C=O) groups is 2. The van der Waals surface area contributed by atoms with Crippen LogP contribution in [-0.4, -0.2) is 30.6 Å². The summed E-state index contributed by atoms with van der Waals surface area (Å²) in [5.41, 5.74) is 1.44. The summed E-state index contributed by atoms with van der Waals surface area (Å²) < 4.78 is 5.16. The molecule has 1 amide bonds. The van der Waals surface area contributed by atoms with Gasteiger partial charge in [-0.15, -0.1) is 0 Å². The fraction of sp³-hybridized carbons (Fsp3) is 0.467. The minimum Gasteiger partial charge on any atom is -0.496 e. The Morgan fingerprint density at radius 2 is 2.10 bits per heavy atom. The molecule has 0 saturated heterocycles. The minimum atomic E-state index is -0.848. The third-order valence-electron chi connectivity index (χ3n) is 3.19. The van der Waals surface area contributed by atoms with E-state index in [1.807, 2.05) is 19.9 Å². The van der Waals surface area contributed by atoms with Gasteiger partial charge in [0.25, 0.3) is 5.91 Å². The van der Waals surface area contributed by atoms with Crippen LogP contribution in [0.25, 0.3) is 0 Å². The van der Waals surface area contributed by atoms with Gasteiger partial charge < -0.3 is 15.2 Å². The van der Waals surface area contributed by atoms with E-state index in [0.29, 0.717) is 24.3 Å². The van der Waals surface area contributed by atoms with E-state index in [1.165, 1.54) is 7.11 Å². The molecule has 1 aromatic rings. The Kier molecular flexibility index (Phi) is 6.03. The molecule has 1 aromatic carbocycles. The van der Waals surface area contributed by atoms with Gasteiger partial charge in [0, 0.05) is 13.0 Å². The van der Waals surface area contributed by atoms with Gasteiger partial charge in [0.15, 0.2) is 0 Å². The first kappa shape index (κ1) is 16.0. The van der Waals surface area contributed by atoms with Crippen molar-refractivity contribution < 1.29 is 19.4 Å². The first-order chi connectivity index (χ1) is 9.47. The molecule has 1 atom stereocenters. The van der Waals surface area contributed by atoms with Gasteiger partial charge in [-0.25, -0.2) is 0 Å². The third-order valence-corrected chi connectivity index (χ3v) is 3.19. The normalized spacial score (nSPS) is 11.8. The monoisotopic (exact) mass is 279 g/mol. The van der Waals surface area contributed by atoms with Crippen LogP contribution < -0.4 is 10.1 Å². The number of ether oxygens (including phenoxy) is 1. The van der Waals surface area contributed by atoms with Gasteiger partial charge in [-0.3, -0.25) is 9.59 Å². The molecular formula is C15H21NO4. The maximum atomic E-state index is 12.1. The molecule has 0 aliphatic carbocycles. The quantitative estimate of drug-likeness (QED) is 0.802. The number of rotatable bonds is 7. The highest BCUT2D eigenvalue weighted by molar-refractivity contribution is 5.97. The zero-order valence-electron chi connectivity index (χ0n) is 12.1. The Balaban J connectivity index is 2.71. The van der Waals surface area contributed by atoms with E-state index in [9.17, 15) is 9.59 Å². The van der Waals surface area contributed by atoms with Crippen LogP contribution in [0.15, 0.2) is 18.2 Å². The van der Waals surface area contributed by atoms with Crippen molar-refractivity contribution in [3.05, 3.63) is 29.3 Å². The van der Waals surface area contributed by atoms with Gasteiger partial charge in [-0.05, 0) is 25.0 Å². The number of aliphatic carboxylic acids is 1. The molecule has 0 aliphatic heterocycles. The van der Waals surface area contributed by atoms with E-state index >= 15 is 0 Å². The summed E-state index contributed by atoms with van der Waals surface area (Å²) >= 11 is 0. The lowest BCUT2D eigenvalue weighted by Gasteiger charge is -2.15. The molecule has 0 spiro atoms. The molecule has 0 aliphatic rings. The smallest absolute Gasteiger partial charge is 0.303 e. The van der Waals surface area contributed by atoms with Gasteiger partial charge >= 0.3 is 5.97 Å². The van der Waals surface area contributed by atoms with Crippen LogP contribution in [0, 0.1) is 12.8 Å². The zero-order valence-corrected chi connectivity index (χ0v) is 12.1. The molecular weight excluding hydrogens is 258 g/mol. The highest BCUT2D eigenvalue weighted by Gasteiger charge is 2.16. The van der Waals surface area contributed by atoms with Gasteiger partial charge in [0.05, 0.1) is 12.7 Å². The number of carbonyl (C=O) groups excluding carboxylic acids is 1. The Morgan fingerprint density at radius 1 is 1.40 bits per heavy atom. The molecule has 5 nitrogen and oxygen atoms in total. The average Bonchev–Trinajstić information content (AvgIpc) is 2.42. The van der Waals surface area contributed by atoms with Crippen molar-refractivity contribution in [1.29, 1.82) is 0 Å². The highest BCUT2D eigenvalue weighted by Crippen LogP contribution is 2.19. The molecule has 20 heavy (non-hydrogen) atoms. The lowest BCUT2D eigenvalue weighted by Crippen LogP contribution is -2.30. The number of carboxylic acids is 1. The maximum Gasteiger partial charge on any atom is 0.303 e. The van der Waals surface area contributed by atoms with Crippen molar-refractivity contribution in [3.63, 3.8) is 0 Å². The van der Waals surface area contributed by atoms with Crippen molar-refractivity contribution in [1.82, 2.24) is 5.32 Å². The molecule has 5 heteroatoms. The summed E-state index contributed by atoms with van der Waals surface area (Å²) in [4.78, 5) is 22.8. The number of hydrogen-bond donors (Lipinski definition) is 2. The molecule has 110 valence electrons. The summed E-state index contributed by atoms with van der Waals surface area (Å²) in [6.07, 6.45) is 0.763. The van der Waals surface area contributed by atoms with Gasteiger partial charge in [0.1, 0.15) is 5.75 Å². The predicted molar refractivity (Wildman–Crippen MR) is 76.1 cm³/mol. The van der Waals surface area contributed by atoms with Crippen LogP contribution in [0.2, 0.25) is 0 Å². The first-order valence-corrected chi connectivity index (χ1v) is 6.62. The van der Waals surface area contributed by atoms with Crippen molar-refractivity contribution >= 4 is 11.9 Å². The molecule has 0 saturated carbocycles. The SMILES string of the molecule is CCC(CNC(=O)c1cc(C)ccc1OC)CC(=O)O. The van der Waals surface area contributed by atoms with Crippen molar-refractivity contribution in [2.75, 3.05) is 13.7 Å². The standard InChI is InChI=1S/C15H21NO4/c1-4-11(8-14(17)18)9-16-15(19)12-7-10(2)5-6-13(12)20-3/h5-7,11H,4,8-9H2,1-3H3,(H,16,19)(H,17,18). The van der Waals surface area contributed by atoms with Crippen molar-refractivity contribution in [2.24, 2.45) is 5.92 Å². The van der Waals surface area contributed by atoms with Gasteiger partial charge in [-0.1, -0.05) is 25.0 Å². The molecule has 0 radical (unpaired) electrons. The van der Waals surface area contributed by atoms with Crippen LogP contribution in [0.4, 0.5) is 0 Å². The lowest BCUT2D eigenvalue weighted by atomic mass is 10.0. The number of aryl methyl sites for hydroxylation is 1. The second kappa shape index (κ2) is 7.53. The Morgan fingerprint density at radius 3 is 2.65 bits per heavy atom. The summed E-state index contributed by atoms with van der Waals surface area (Å²) in [6, 6.07) is 5.38. The first-order valence-electron chi connectivity index (χ1n) is 6.62. The largest absolute Gasteiger partial charge is 0.496 e. The van der Waals surface area contributed by atoms with Crippen molar-refractivity contribution in [3.8, 4) is 5.75 Å². The second-order valence-electron chi connectivity index (χ2n) is 4.79. The lowest BCUT2D eigenvalue weighted by molar-refractivity contribution is -0.138. The Hall–Kier alpha value is -2.04. The van der Waals surface area contributed by atoms with Crippen LogP contribution in [-0.2, 0) is 4.79 Å². The molecule has 1 unspecified atom stereocenters. The topological polar surface area (TPSA) is 75.6 Å². The molecule has 0 fully saturated rings. The average molecular weight is 279 g/mol. The van der Waals surface area contributed by atoms with Gasteiger partial charge in [0.2, 0.25) is 0 Å². The number of carboxylic acid groups (broad SMARTS) is 1. The summed E-state index contributed by atoms with van der Waals surface area (Å²) in [7, 11) is 1.51. The Labute approximate surface area is 118 Å². The molecule has 2 N–H and O–H groups in total. The van der Waals surface area contributed by atoms with E-state index in [2.05, 4.69) is 5.32 Å².